The van der Waals surface area contributed by atoms with Crippen LogP contribution in [0.1, 0.15) is 17.1 Å². The Labute approximate surface area is 107 Å². The lowest BCUT2D eigenvalue weighted by molar-refractivity contribution is 0.123. The largest absolute Gasteiger partial charge is 0.369 e. The van der Waals surface area contributed by atoms with Gasteiger partial charge < -0.3 is 24.7 Å². The lowest BCUT2D eigenvalue weighted by Crippen LogP contribution is -2.29. The smallest absolute Gasteiger partial charge is 0.368 e. The Morgan fingerprint density at radius 3 is 2.11 bits per heavy atom. The van der Waals surface area contributed by atoms with Gasteiger partial charge in [0.25, 0.3) is 5.08 Å². The Balaban J connectivity index is 2.95. The van der Waals surface area contributed by atoms with Crippen molar-refractivity contribution < 1.29 is 33.8 Å². The molecule has 0 aliphatic carbocycles. The molecule has 1 rings (SSSR count). The molecule has 104 valence electrons. The Bertz CT molecular complexity index is 496. The van der Waals surface area contributed by atoms with E-state index < -0.39 is 26.7 Å². The van der Waals surface area contributed by atoms with Crippen molar-refractivity contribution in [2.24, 2.45) is 0 Å². The molecule has 18 heavy (non-hydrogen) atoms. The van der Waals surface area contributed by atoms with E-state index in [1.807, 2.05) is 0 Å². The summed E-state index contributed by atoms with van der Waals surface area (Å²) in [6.45, 7) is 1.71. The summed E-state index contributed by atoms with van der Waals surface area (Å²) in [4.78, 5) is 39.6. The van der Waals surface area contributed by atoms with Crippen molar-refractivity contribution in [1.29, 1.82) is 0 Å². The molecule has 1 heterocycles. The minimum absolute atomic E-state index is 0.142. The average Bonchev–Trinajstić information content (AvgIpc) is 2.57. The van der Waals surface area contributed by atoms with Crippen LogP contribution in [0.5, 0.6) is 0 Å². The molecule has 0 atom stereocenters. The van der Waals surface area contributed by atoms with Crippen LogP contribution in [0.15, 0.2) is 5.38 Å². The third-order valence-corrected chi connectivity index (χ3v) is 7.01. The second-order valence-corrected chi connectivity index (χ2v) is 8.79. The standard InChI is InChI=1S/C7H13NO7P2S/c1-5-8-6(4-18-5)2-3-7(9,16(10,11)12)17(13,14)15/h4,9H,2-3H2,1H3,(H2,10,11,12)(H2,13,14,15). The predicted molar refractivity (Wildman–Crippen MR) is 64.2 cm³/mol. The Kier molecular flexibility index (Phi) is 4.53. The van der Waals surface area contributed by atoms with Gasteiger partial charge in [-0.2, -0.15) is 0 Å². The first-order chi connectivity index (χ1) is 7.97. The summed E-state index contributed by atoms with van der Waals surface area (Å²) in [5, 5.41) is 8.54. The monoisotopic (exact) mass is 317 g/mol. The van der Waals surface area contributed by atoms with Gasteiger partial charge in [0.15, 0.2) is 0 Å². The lowest BCUT2D eigenvalue weighted by atomic mass is 10.2. The molecule has 0 fully saturated rings. The molecule has 5 N–H and O–H groups in total. The number of aliphatic hydroxyl groups is 1. The van der Waals surface area contributed by atoms with Crippen molar-refractivity contribution in [1.82, 2.24) is 4.98 Å². The molecular weight excluding hydrogens is 304 g/mol. The summed E-state index contributed by atoms with van der Waals surface area (Å²) in [5.41, 5.74) is 0.415. The third kappa shape index (κ3) is 3.26. The molecule has 0 aliphatic heterocycles. The van der Waals surface area contributed by atoms with Gasteiger partial charge in [0, 0.05) is 11.8 Å². The zero-order chi connectivity index (χ0) is 14.2. The van der Waals surface area contributed by atoms with E-state index in [9.17, 15) is 14.2 Å². The van der Waals surface area contributed by atoms with Crippen LogP contribution in [-0.4, -0.2) is 34.7 Å². The summed E-state index contributed by atoms with van der Waals surface area (Å²) < 4.78 is 22.1. The number of rotatable bonds is 5. The van der Waals surface area contributed by atoms with Crippen molar-refractivity contribution in [2.75, 3.05) is 0 Å². The number of nitrogens with zero attached hydrogens (tertiary/aromatic N) is 1. The van der Waals surface area contributed by atoms with Crippen LogP contribution in [0.25, 0.3) is 0 Å². The van der Waals surface area contributed by atoms with Crippen LogP contribution in [0, 0.1) is 6.92 Å². The first kappa shape index (κ1) is 15.9. The average molecular weight is 317 g/mol. The lowest BCUT2D eigenvalue weighted by Gasteiger charge is -2.28. The van der Waals surface area contributed by atoms with Crippen LogP contribution >= 0.6 is 26.5 Å². The quantitative estimate of drug-likeness (QED) is 0.490. The van der Waals surface area contributed by atoms with Crippen LogP contribution in [-0.2, 0) is 15.6 Å². The van der Waals surface area contributed by atoms with Crippen molar-refractivity contribution in [3.63, 3.8) is 0 Å². The Morgan fingerprint density at radius 2 is 1.78 bits per heavy atom. The van der Waals surface area contributed by atoms with Crippen molar-refractivity contribution in [3.05, 3.63) is 16.1 Å². The van der Waals surface area contributed by atoms with E-state index in [0.29, 0.717) is 10.7 Å². The number of hydrogen-bond acceptors (Lipinski definition) is 5. The molecule has 1 aromatic rings. The fraction of sp³-hybridized carbons (Fsp3) is 0.571. The first-order valence-corrected chi connectivity index (χ1v) is 8.82. The van der Waals surface area contributed by atoms with Gasteiger partial charge in [0.1, 0.15) is 0 Å². The normalized spacial score (nSPS) is 13.9. The molecule has 0 spiro atoms. The van der Waals surface area contributed by atoms with E-state index in [1.165, 1.54) is 11.3 Å². The molecule has 0 aromatic carbocycles. The third-order valence-electron chi connectivity index (χ3n) is 2.32. The highest BCUT2D eigenvalue weighted by molar-refractivity contribution is 7.72. The fourth-order valence-electron chi connectivity index (χ4n) is 1.28. The molecule has 0 saturated heterocycles. The highest BCUT2D eigenvalue weighted by atomic mass is 32.1. The van der Waals surface area contributed by atoms with Crippen molar-refractivity contribution in [2.45, 2.75) is 24.8 Å². The maximum atomic E-state index is 11.1. The van der Waals surface area contributed by atoms with Crippen LogP contribution < -0.4 is 0 Å². The highest BCUT2D eigenvalue weighted by Gasteiger charge is 2.58. The maximum absolute atomic E-state index is 11.1. The minimum atomic E-state index is -5.37. The molecular formula is C7H13NO7P2S. The summed E-state index contributed by atoms with van der Waals surface area (Å²) in [6.07, 6.45) is -0.915. The molecule has 0 aliphatic rings. The molecule has 1 aromatic heterocycles. The van der Waals surface area contributed by atoms with Crippen molar-refractivity contribution >= 4 is 26.5 Å². The van der Waals surface area contributed by atoms with Gasteiger partial charge in [-0.1, -0.05) is 0 Å². The SMILES string of the molecule is Cc1nc(CCC(O)(P(=O)(O)O)P(=O)(O)O)cs1. The van der Waals surface area contributed by atoms with E-state index in [1.54, 1.807) is 12.3 Å². The molecule has 0 saturated carbocycles. The van der Waals surface area contributed by atoms with Gasteiger partial charge in [-0.25, -0.2) is 4.98 Å². The summed E-state index contributed by atoms with van der Waals surface area (Å²) in [6, 6.07) is 0. The summed E-state index contributed by atoms with van der Waals surface area (Å²) in [5.74, 6) is 0. The van der Waals surface area contributed by atoms with Crippen LogP contribution in [0.4, 0.5) is 0 Å². The van der Waals surface area contributed by atoms with E-state index in [4.69, 9.17) is 19.6 Å². The van der Waals surface area contributed by atoms with E-state index in [-0.39, 0.29) is 6.42 Å². The second-order valence-electron chi connectivity index (χ2n) is 3.72. The maximum Gasteiger partial charge on any atom is 0.369 e. The Hall–Kier alpha value is -0.110. The van der Waals surface area contributed by atoms with E-state index in [0.717, 1.165) is 0 Å². The van der Waals surface area contributed by atoms with E-state index in [2.05, 4.69) is 4.98 Å². The second kappa shape index (κ2) is 5.11. The van der Waals surface area contributed by atoms with Crippen LogP contribution in [0.3, 0.4) is 0 Å². The van der Waals surface area contributed by atoms with Gasteiger partial charge >= 0.3 is 15.2 Å². The van der Waals surface area contributed by atoms with Gasteiger partial charge in [-0.05, 0) is 13.3 Å². The van der Waals surface area contributed by atoms with Gasteiger partial charge in [-0.3, -0.25) is 9.13 Å². The number of aromatic nitrogens is 1. The summed E-state index contributed by atoms with van der Waals surface area (Å²) >= 11 is 1.29. The fourth-order valence-corrected chi connectivity index (χ4v) is 4.09. The van der Waals surface area contributed by atoms with E-state index >= 15 is 0 Å². The zero-order valence-corrected chi connectivity index (χ0v) is 11.9. The first-order valence-electron chi connectivity index (χ1n) is 4.72. The predicted octanol–water partition coefficient (Wildman–Crippen LogP) is 0.386. The Morgan fingerprint density at radius 1 is 1.28 bits per heavy atom. The van der Waals surface area contributed by atoms with Gasteiger partial charge in [0.05, 0.1) is 10.7 Å². The van der Waals surface area contributed by atoms with Gasteiger partial charge in [-0.15, -0.1) is 11.3 Å². The molecule has 0 unspecified atom stereocenters. The molecule has 8 nitrogen and oxygen atoms in total. The molecule has 11 heteroatoms. The topological polar surface area (TPSA) is 148 Å². The van der Waals surface area contributed by atoms with Gasteiger partial charge in [0.2, 0.25) is 0 Å². The molecule has 0 radical (unpaired) electrons. The molecule has 0 amide bonds. The minimum Gasteiger partial charge on any atom is -0.368 e. The molecule has 0 bridgehead atoms. The number of thiazole rings is 1. The number of aryl methyl sites for hydroxylation is 2. The van der Waals surface area contributed by atoms with Crippen LogP contribution in [0.2, 0.25) is 0 Å². The number of hydrogen-bond donors (Lipinski definition) is 5. The van der Waals surface area contributed by atoms with Crippen molar-refractivity contribution in [3.8, 4) is 0 Å². The summed E-state index contributed by atoms with van der Waals surface area (Å²) in [7, 11) is -10.7. The highest BCUT2D eigenvalue weighted by Crippen LogP contribution is 2.69. The zero-order valence-electron chi connectivity index (χ0n) is 9.29.